The fraction of sp³-hybridized carbons (Fsp3) is 0. The number of rotatable bonds is 1. The highest BCUT2D eigenvalue weighted by atomic mass is 19.1. The van der Waals surface area contributed by atoms with E-state index in [1.54, 1.807) is 6.07 Å². The minimum Gasteiger partial charge on any atom is -0.338 e. The zero-order chi connectivity index (χ0) is 12.7. The maximum absolute atomic E-state index is 13.4. The standard InChI is InChI=1S/C13H7F3N2/c14-8-4-7(5-9(15)6-8)13-17-11-3-1-2-10(16)12(11)18-13/h1-6H,(H,17,18). The minimum absolute atomic E-state index is 0.150. The van der Waals surface area contributed by atoms with Gasteiger partial charge in [-0.1, -0.05) is 6.07 Å². The summed E-state index contributed by atoms with van der Waals surface area (Å²) in [7, 11) is 0. The highest BCUT2D eigenvalue weighted by molar-refractivity contribution is 5.79. The van der Waals surface area contributed by atoms with E-state index in [-0.39, 0.29) is 16.9 Å². The summed E-state index contributed by atoms with van der Waals surface area (Å²) in [5.74, 6) is -1.66. The van der Waals surface area contributed by atoms with Crippen LogP contribution in [0.5, 0.6) is 0 Å². The quantitative estimate of drug-likeness (QED) is 0.699. The topological polar surface area (TPSA) is 28.7 Å². The van der Waals surface area contributed by atoms with Gasteiger partial charge in [0.1, 0.15) is 23.0 Å². The fourth-order valence-corrected chi connectivity index (χ4v) is 1.82. The number of halogens is 3. The molecule has 2 nitrogen and oxygen atoms in total. The van der Waals surface area contributed by atoms with Crippen molar-refractivity contribution in [1.82, 2.24) is 9.97 Å². The Morgan fingerprint density at radius 3 is 2.33 bits per heavy atom. The van der Waals surface area contributed by atoms with Gasteiger partial charge in [-0.25, -0.2) is 18.2 Å². The Balaban J connectivity index is 2.22. The predicted octanol–water partition coefficient (Wildman–Crippen LogP) is 3.65. The molecule has 0 unspecified atom stereocenters. The van der Waals surface area contributed by atoms with E-state index in [1.807, 2.05) is 0 Å². The largest absolute Gasteiger partial charge is 0.338 e. The van der Waals surface area contributed by atoms with Gasteiger partial charge in [-0.15, -0.1) is 0 Å². The molecule has 0 amide bonds. The van der Waals surface area contributed by atoms with Crippen molar-refractivity contribution >= 4 is 11.0 Å². The number of nitrogens with one attached hydrogen (secondary N) is 1. The smallest absolute Gasteiger partial charge is 0.151 e. The van der Waals surface area contributed by atoms with E-state index in [1.165, 1.54) is 12.1 Å². The maximum Gasteiger partial charge on any atom is 0.151 e. The zero-order valence-corrected chi connectivity index (χ0v) is 9.05. The lowest BCUT2D eigenvalue weighted by atomic mass is 10.2. The first kappa shape index (κ1) is 10.8. The molecule has 1 heterocycles. The van der Waals surface area contributed by atoms with Crippen molar-refractivity contribution in [1.29, 1.82) is 0 Å². The Labute approximate surface area is 100 Å². The van der Waals surface area contributed by atoms with E-state index < -0.39 is 17.5 Å². The first-order valence-corrected chi connectivity index (χ1v) is 5.24. The van der Waals surface area contributed by atoms with E-state index in [9.17, 15) is 13.2 Å². The van der Waals surface area contributed by atoms with Crippen LogP contribution >= 0.6 is 0 Å². The third-order valence-corrected chi connectivity index (χ3v) is 2.60. The Bertz CT molecular complexity index is 714. The van der Waals surface area contributed by atoms with Crippen LogP contribution in [-0.4, -0.2) is 9.97 Å². The van der Waals surface area contributed by atoms with Crippen LogP contribution in [-0.2, 0) is 0 Å². The first-order valence-electron chi connectivity index (χ1n) is 5.24. The van der Waals surface area contributed by atoms with E-state index in [0.717, 1.165) is 18.2 Å². The number of benzene rings is 2. The molecule has 2 aromatic carbocycles. The van der Waals surface area contributed by atoms with Crippen LogP contribution in [0.25, 0.3) is 22.4 Å². The molecule has 0 fully saturated rings. The van der Waals surface area contributed by atoms with Crippen LogP contribution in [0.1, 0.15) is 0 Å². The van der Waals surface area contributed by atoms with Crippen molar-refractivity contribution in [3.8, 4) is 11.4 Å². The number of para-hydroxylation sites is 1. The number of aromatic amines is 1. The van der Waals surface area contributed by atoms with Crippen LogP contribution in [0.4, 0.5) is 13.2 Å². The molecule has 0 spiro atoms. The number of imidazole rings is 1. The van der Waals surface area contributed by atoms with E-state index >= 15 is 0 Å². The summed E-state index contributed by atoms with van der Waals surface area (Å²) in [6, 6.07) is 7.50. The lowest BCUT2D eigenvalue weighted by Gasteiger charge is -1.97. The molecule has 90 valence electrons. The Morgan fingerprint density at radius 1 is 0.944 bits per heavy atom. The molecule has 0 saturated carbocycles. The van der Waals surface area contributed by atoms with Gasteiger partial charge in [-0.05, 0) is 24.3 Å². The maximum atomic E-state index is 13.4. The number of aromatic nitrogens is 2. The molecular weight excluding hydrogens is 241 g/mol. The van der Waals surface area contributed by atoms with E-state index in [0.29, 0.717) is 5.52 Å². The van der Waals surface area contributed by atoms with Crippen molar-refractivity contribution in [3.63, 3.8) is 0 Å². The molecule has 3 aromatic rings. The number of hydrogen-bond acceptors (Lipinski definition) is 1. The predicted molar refractivity (Wildman–Crippen MR) is 61.4 cm³/mol. The first-order chi connectivity index (χ1) is 8.63. The average molecular weight is 248 g/mol. The van der Waals surface area contributed by atoms with Gasteiger partial charge in [-0.3, -0.25) is 0 Å². The summed E-state index contributed by atoms with van der Waals surface area (Å²) in [5.41, 5.74) is 0.870. The van der Waals surface area contributed by atoms with Crippen molar-refractivity contribution in [2.75, 3.05) is 0 Å². The Hall–Kier alpha value is -2.30. The summed E-state index contributed by atoms with van der Waals surface area (Å²) in [4.78, 5) is 6.82. The van der Waals surface area contributed by atoms with Crippen LogP contribution in [0.15, 0.2) is 36.4 Å². The Kier molecular flexibility index (Phi) is 2.33. The molecule has 1 aromatic heterocycles. The van der Waals surface area contributed by atoms with Gasteiger partial charge in [0.15, 0.2) is 5.82 Å². The summed E-state index contributed by atoms with van der Waals surface area (Å²) >= 11 is 0. The number of hydrogen-bond donors (Lipinski definition) is 1. The summed E-state index contributed by atoms with van der Waals surface area (Å²) in [5, 5.41) is 0. The molecule has 5 heteroatoms. The van der Waals surface area contributed by atoms with Gasteiger partial charge in [0.05, 0.1) is 5.52 Å². The molecule has 0 bridgehead atoms. The van der Waals surface area contributed by atoms with Gasteiger partial charge < -0.3 is 4.98 Å². The molecule has 0 atom stereocenters. The lowest BCUT2D eigenvalue weighted by Crippen LogP contribution is -1.85. The molecule has 0 radical (unpaired) electrons. The SMILES string of the molecule is Fc1cc(F)cc(-c2nc3c(F)cccc3[nH]2)c1. The van der Waals surface area contributed by atoms with Gasteiger partial charge >= 0.3 is 0 Å². The third kappa shape index (κ3) is 1.73. The van der Waals surface area contributed by atoms with Gasteiger partial charge in [0.2, 0.25) is 0 Å². The van der Waals surface area contributed by atoms with E-state index in [4.69, 9.17) is 0 Å². The van der Waals surface area contributed by atoms with Gasteiger partial charge in [0.25, 0.3) is 0 Å². The fourth-order valence-electron chi connectivity index (χ4n) is 1.82. The highest BCUT2D eigenvalue weighted by Gasteiger charge is 2.10. The van der Waals surface area contributed by atoms with E-state index in [2.05, 4.69) is 9.97 Å². The van der Waals surface area contributed by atoms with Gasteiger partial charge in [-0.2, -0.15) is 0 Å². The third-order valence-electron chi connectivity index (χ3n) is 2.60. The molecule has 0 aliphatic carbocycles. The second-order valence-corrected chi connectivity index (χ2v) is 3.88. The summed E-state index contributed by atoms with van der Waals surface area (Å²) in [6.07, 6.45) is 0. The molecule has 0 aliphatic rings. The Morgan fingerprint density at radius 2 is 1.67 bits per heavy atom. The van der Waals surface area contributed by atoms with Crippen molar-refractivity contribution in [3.05, 3.63) is 53.8 Å². The van der Waals surface area contributed by atoms with Crippen LogP contribution in [0.2, 0.25) is 0 Å². The van der Waals surface area contributed by atoms with Crippen molar-refractivity contribution < 1.29 is 13.2 Å². The minimum atomic E-state index is -0.703. The average Bonchev–Trinajstić information content (AvgIpc) is 2.73. The second-order valence-electron chi connectivity index (χ2n) is 3.88. The molecule has 0 aliphatic heterocycles. The van der Waals surface area contributed by atoms with Crippen molar-refractivity contribution in [2.45, 2.75) is 0 Å². The molecule has 1 N–H and O–H groups in total. The summed E-state index contributed by atoms with van der Waals surface area (Å²) in [6.45, 7) is 0. The number of fused-ring (bicyclic) bond motifs is 1. The highest BCUT2D eigenvalue weighted by Crippen LogP contribution is 2.23. The molecule has 18 heavy (non-hydrogen) atoms. The zero-order valence-electron chi connectivity index (χ0n) is 9.05. The number of nitrogens with zero attached hydrogens (tertiary/aromatic N) is 1. The second kappa shape index (κ2) is 3.87. The molecule has 3 rings (SSSR count). The van der Waals surface area contributed by atoms with Crippen LogP contribution in [0.3, 0.4) is 0 Å². The monoisotopic (exact) mass is 248 g/mol. The number of H-pyrrole nitrogens is 1. The normalized spacial score (nSPS) is 11.1. The molecule has 0 saturated heterocycles. The van der Waals surface area contributed by atoms with Crippen molar-refractivity contribution in [2.24, 2.45) is 0 Å². The molecular formula is C13H7F3N2. The summed E-state index contributed by atoms with van der Waals surface area (Å²) < 4.78 is 39.6. The lowest BCUT2D eigenvalue weighted by molar-refractivity contribution is 0.584. The van der Waals surface area contributed by atoms with Gasteiger partial charge in [0, 0.05) is 11.6 Å². The van der Waals surface area contributed by atoms with Crippen LogP contribution in [0, 0.1) is 17.5 Å². The van der Waals surface area contributed by atoms with Crippen LogP contribution < -0.4 is 0 Å².